The van der Waals surface area contributed by atoms with Crippen LogP contribution >= 0.6 is 0 Å². The van der Waals surface area contributed by atoms with Crippen LogP contribution < -0.4 is 9.47 Å². The van der Waals surface area contributed by atoms with Gasteiger partial charge in [-0.2, -0.15) is 0 Å². The molecule has 2 heterocycles. The molecule has 1 N–H and O–H groups in total. The molecule has 4 aliphatic rings. The van der Waals surface area contributed by atoms with Crippen LogP contribution in [0.5, 0.6) is 17.2 Å². The molecule has 0 unspecified atom stereocenters. The summed E-state index contributed by atoms with van der Waals surface area (Å²) < 4.78 is 19.0. The standard InChI is InChI=1S/C20H14O6/c21-11-6-8-19-17-10(11)2-1-3-14(17)24-20(26-19)9-7-13(23)16-12(22)4-5-15(25-19)18(16)20/h1-5,22H,6-9H2/t19-,20-/m1/s1. The first-order valence-electron chi connectivity index (χ1n) is 8.68. The van der Waals surface area contributed by atoms with Crippen molar-refractivity contribution >= 4 is 11.6 Å². The predicted octanol–water partition coefficient (Wildman–Crippen LogP) is 3.15. The second kappa shape index (κ2) is 4.27. The van der Waals surface area contributed by atoms with E-state index in [9.17, 15) is 14.7 Å². The number of benzene rings is 2. The van der Waals surface area contributed by atoms with Gasteiger partial charge in [0.25, 0.3) is 0 Å². The zero-order valence-electron chi connectivity index (χ0n) is 13.7. The van der Waals surface area contributed by atoms with Gasteiger partial charge in [0, 0.05) is 31.2 Å². The SMILES string of the molecule is O=C1CC[C@]23Oc4ccc(O)c5c4[C@](CCC5=O)(Oc4cccc1c42)O3. The Morgan fingerprint density at radius 3 is 2.35 bits per heavy atom. The predicted molar refractivity (Wildman–Crippen MR) is 87.4 cm³/mol. The van der Waals surface area contributed by atoms with Gasteiger partial charge in [0.15, 0.2) is 11.6 Å². The molecule has 2 aliphatic carbocycles. The normalized spacial score (nSPS) is 30.0. The summed E-state index contributed by atoms with van der Waals surface area (Å²) in [7, 11) is 0. The first-order chi connectivity index (χ1) is 12.5. The van der Waals surface area contributed by atoms with Crippen molar-refractivity contribution in [3.05, 3.63) is 52.6 Å². The number of hydrogen-bond acceptors (Lipinski definition) is 6. The Kier molecular flexibility index (Phi) is 2.35. The van der Waals surface area contributed by atoms with Crippen LogP contribution in [0.25, 0.3) is 0 Å². The quantitative estimate of drug-likeness (QED) is 0.786. The average molecular weight is 350 g/mol. The van der Waals surface area contributed by atoms with Crippen molar-refractivity contribution in [1.82, 2.24) is 0 Å². The number of ether oxygens (including phenoxy) is 3. The molecular weight excluding hydrogens is 336 g/mol. The van der Waals surface area contributed by atoms with Crippen LogP contribution in [0.4, 0.5) is 0 Å². The van der Waals surface area contributed by atoms with Crippen molar-refractivity contribution in [2.75, 3.05) is 0 Å². The highest BCUT2D eigenvalue weighted by molar-refractivity contribution is 6.03. The fraction of sp³-hybridized carbons (Fsp3) is 0.300. The summed E-state index contributed by atoms with van der Waals surface area (Å²) in [5, 5.41) is 10.3. The van der Waals surface area contributed by atoms with E-state index in [1.54, 1.807) is 24.3 Å². The highest BCUT2D eigenvalue weighted by atomic mass is 16.8. The molecule has 2 spiro atoms. The van der Waals surface area contributed by atoms with Crippen LogP contribution in [-0.2, 0) is 16.3 Å². The van der Waals surface area contributed by atoms with Gasteiger partial charge in [0.05, 0.1) is 16.7 Å². The maximum absolute atomic E-state index is 12.4. The van der Waals surface area contributed by atoms with Crippen LogP contribution in [0, 0.1) is 0 Å². The number of carbonyl (C=O) groups excluding carboxylic acids is 2. The van der Waals surface area contributed by atoms with E-state index in [4.69, 9.17) is 14.2 Å². The zero-order chi connectivity index (χ0) is 17.7. The molecule has 6 nitrogen and oxygen atoms in total. The zero-order valence-corrected chi connectivity index (χ0v) is 13.7. The second-order valence-electron chi connectivity index (χ2n) is 7.17. The van der Waals surface area contributed by atoms with Gasteiger partial charge in [-0.25, -0.2) is 0 Å². The summed E-state index contributed by atoms with van der Waals surface area (Å²) in [5.74, 6) is -1.52. The molecule has 0 saturated heterocycles. The van der Waals surface area contributed by atoms with E-state index in [0.29, 0.717) is 47.5 Å². The monoisotopic (exact) mass is 350 g/mol. The highest BCUT2D eigenvalue weighted by Crippen LogP contribution is 2.61. The summed E-state index contributed by atoms with van der Waals surface area (Å²) in [5.41, 5.74) is 1.83. The lowest BCUT2D eigenvalue weighted by molar-refractivity contribution is -0.363. The Morgan fingerprint density at radius 1 is 0.846 bits per heavy atom. The Hall–Kier alpha value is -2.86. The largest absolute Gasteiger partial charge is 0.507 e. The van der Waals surface area contributed by atoms with Gasteiger partial charge in [0.2, 0.25) is 11.6 Å². The van der Waals surface area contributed by atoms with Crippen LogP contribution in [0.15, 0.2) is 30.3 Å². The van der Waals surface area contributed by atoms with E-state index in [-0.39, 0.29) is 29.3 Å². The maximum Gasteiger partial charge on any atom is 0.245 e. The number of ketones is 2. The number of aromatic hydroxyl groups is 1. The lowest BCUT2D eigenvalue weighted by atomic mass is 9.78. The fourth-order valence-electron chi connectivity index (χ4n) is 4.70. The minimum atomic E-state index is -1.19. The van der Waals surface area contributed by atoms with Gasteiger partial charge in [0.1, 0.15) is 17.2 Å². The minimum Gasteiger partial charge on any atom is -0.507 e. The smallest absolute Gasteiger partial charge is 0.245 e. The molecule has 0 amide bonds. The van der Waals surface area contributed by atoms with E-state index in [1.807, 2.05) is 0 Å². The summed E-state index contributed by atoms with van der Waals surface area (Å²) in [6.07, 6.45) is 1.22. The average Bonchev–Trinajstić information content (AvgIpc) is 2.63. The molecule has 2 bridgehead atoms. The summed E-state index contributed by atoms with van der Waals surface area (Å²) >= 11 is 0. The van der Waals surface area contributed by atoms with E-state index in [1.165, 1.54) is 6.07 Å². The van der Waals surface area contributed by atoms with Crippen molar-refractivity contribution in [2.45, 2.75) is 37.3 Å². The molecule has 26 heavy (non-hydrogen) atoms. The van der Waals surface area contributed by atoms with E-state index in [0.717, 1.165) is 0 Å². The highest BCUT2D eigenvalue weighted by Gasteiger charge is 2.62. The lowest BCUT2D eigenvalue weighted by Crippen LogP contribution is -2.58. The molecule has 0 fully saturated rings. The van der Waals surface area contributed by atoms with Crippen molar-refractivity contribution in [3.8, 4) is 17.2 Å². The first kappa shape index (κ1) is 14.3. The molecule has 2 atom stereocenters. The summed E-state index contributed by atoms with van der Waals surface area (Å²) in [6.45, 7) is 0. The van der Waals surface area contributed by atoms with Crippen molar-refractivity contribution in [3.63, 3.8) is 0 Å². The molecule has 2 aromatic rings. The Bertz CT molecular complexity index is 1040. The number of phenolic OH excluding ortho intramolecular Hbond substituents is 1. The molecular formula is C20H14O6. The Morgan fingerprint density at radius 2 is 1.54 bits per heavy atom. The molecule has 0 radical (unpaired) electrons. The molecule has 6 heteroatoms. The van der Waals surface area contributed by atoms with E-state index in [2.05, 4.69) is 0 Å². The molecule has 0 saturated carbocycles. The molecule has 2 aromatic carbocycles. The number of carbonyl (C=O) groups is 2. The fourth-order valence-corrected chi connectivity index (χ4v) is 4.70. The Balaban J connectivity index is 1.70. The lowest BCUT2D eigenvalue weighted by Gasteiger charge is -2.55. The second-order valence-corrected chi connectivity index (χ2v) is 7.17. The van der Waals surface area contributed by atoms with Gasteiger partial charge in [-0.3, -0.25) is 14.3 Å². The third-order valence-electron chi connectivity index (χ3n) is 5.75. The van der Waals surface area contributed by atoms with Gasteiger partial charge < -0.3 is 14.6 Å². The van der Waals surface area contributed by atoms with Crippen LogP contribution in [0.3, 0.4) is 0 Å². The number of Topliss-reactive ketones (excluding diaryl/α,β-unsaturated/α-hetero) is 2. The molecule has 6 rings (SSSR count). The van der Waals surface area contributed by atoms with Gasteiger partial charge in [-0.1, -0.05) is 12.1 Å². The molecule has 2 aliphatic heterocycles. The topological polar surface area (TPSA) is 82.1 Å². The molecule has 0 aromatic heterocycles. The Labute approximate surface area is 148 Å². The number of phenols is 1. The van der Waals surface area contributed by atoms with E-state index >= 15 is 0 Å². The van der Waals surface area contributed by atoms with Gasteiger partial charge in [-0.05, 0) is 18.2 Å². The van der Waals surface area contributed by atoms with Crippen molar-refractivity contribution < 1.29 is 28.9 Å². The molecule has 130 valence electrons. The van der Waals surface area contributed by atoms with E-state index < -0.39 is 11.6 Å². The van der Waals surface area contributed by atoms with Crippen molar-refractivity contribution in [2.24, 2.45) is 0 Å². The minimum absolute atomic E-state index is 0.0373. The summed E-state index contributed by atoms with van der Waals surface area (Å²) in [4.78, 5) is 24.8. The number of rotatable bonds is 0. The van der Waals surface area contributed by atoms with Crippen LogP contribution in [0.2, 0.25) is 0 Å². The van der Waals surface area contributed by atoms with Gasteiger partial charge in [-0.15, -0.1) is 0 Å². The van der Waals surface area contributed by atoms with Crippen molar-refractivity contribution in [1.29, 1.82) is 0 Å². The first-order valence-corrected chi connectivity index (χ1v) is 8.68. The van der Waals surface area contributed by atoms with Gasteiger partial charge >= 0.3 is 0 Å². The van der Waals surface area contributed by atoms with Crippen LogP contribution in [0.1, 0.15) is 57.5 Å². The third-order valence-corrected chi connectivity index (χ3v) is 5.75. The van der Waals surface area contributed by atoms with Crippen LogP contribution in [-0.4, -0.2) is 16.7 Å². The number of hydrogen-bond donors (Lipinski definition) is 1. The summed E-state index contributed by atoms with van der Waals surface area (Å²) in [6, 6.07) is 8.44. The third kappa shape index (κ3) is 1.48. The maximum atomic E-state index is 12.4.